The second-order valence-corrected chi connectivity index (χ2v) is 17.8. The lowest BCUT2D eigenvalue weighted by molar-refractivity contribution is -0.138. The number of aryl methyl sites for hydroxylation is 1. The Morgan fingerprint density at radius 3 is 2.43 bits per heavy atom. The van der Waals surface area contributed by atoms with Gasteiger partial charge in [0, 0.05) is 50.0 Å². The van der Waals surface area contributed by atoms with Crippen LogP contribution in [0.25, 0.3) is 10.9 Å². The topological polar surface area (TPSA) is 154 Å². The molecule has 3 aromatic rings. The maximum Gasteiger partial charge on any atom is 0.419 e. The van der Waals surface area contributed by atoms with Gasteiger partial charge in [-0.15, -0.1) is 0 Å². The smallest absolute Gasteiger partial charge is 0.378 e. The van der Waals surface area contributed by atoms with E-state index in [9.17, 15) is 37.6 Å². The molecule has 1 saturated carbocycles. The molecule has 1 N–H and O–H groups in total. The quantitative estimate of drug-likeness (QED) is 0.176. The number of nitrogens with one attached hydrogen (secondary N) is 1. The number of pyridine rings is 1. The minimum absolute atomic E-state index is 0.0425. The number of benzene rings is 1. The van der Waals surface area contributed by atoms with Crippen LogP contribution in [0.3, 0.4) is 0 Å². The second kappa shape index (κ2) is 16.9. The van der Waals surface area contributed by atoms with Gasteiger partial charge in [0.2, 0.25) is 11.8 Å². The molecular formula is C43H51F3N8O5S. The highest BCUT2D eigenvalue weighted by Gasteiger charge is 2.53. The summed E-state index contributed by atoms with van der Waals surface area (Å²) in [6.07, 6.45) is 2.92. The number of rotatable bonds is 11. The van der Waals surface area contributed by atoms with Gasteiger partial charge < -0.3 is 9.64 Å². The molecule has 4 atom stereocenters. The number of para-hydroxylation sites is 1. The van der Waals surface area contributed by atoms with Gasteiger partial charge in [0.1, 0.15) is 11.6 Å². The van der Waals surface area contributed by atoms with E-state index in [0.29, 0.717) is 44.0 Å². The van der Waals surface area contributed by atoms with E-state index in [0.717, 1.165) is 65.7 Å². The Kier molecular flexibility index (Phi) is 12.2. The molecule has 17 heteroatoms. The van der Waals surface area contributed by atoms with Crippen molar-refractivity contribution in [2.75, 3.05) is 18.1 Å². The monoisotopic (exact) mass is 848 g/mol. The van der Waals surface area contributed by atoms with E-state index in [1.807, 2.05) is 30.1 Å². The second-order valence-electron chi connectivity index (χ2n) is 17.4. The molecule has 2 unspecified atom stereocenters. The fraction of sp³-hybridized carbons (Fsp3) is 0.581. The number of halogens is 3. The lowest BCUT2D eigenvalue weighted by atomic mass is 9.84. The molecule has 1 aliphatic carbocycles. The third-order valence-electron chi connectivity index (χ3n) is 12.9. The first kappa shape index (κ1) is 43.3. The zero-order valence-corrected chi connectivity index (χ0v) is 35.4. The van der Waals surface area contributed by atoms with E-state index in [2.05, 4.69) is 34.1 Å². The van der Waals surface area contributed by atoms with Gasteiger partial charge in [-0.25, -0.2) is 4.98 Å². The first-order valence-electron chi connectivity index (χ1n) is 20.7. The Balaban J connectivity index is 0.884. The van der Waals surface area contributed by atoms with Crippen molar-refractivity contribution in [3.8, 4) is 6.07 Å². The van der Waals surface area contributed by atoms with Crippen LogP contribution < -0.4 is 10.2 Å². The average Bonchev–Trinajstić information content (AvgIpc) is 3.61. The number of carbonyl (C=O) groups excluding carboxylic acids is 4. The van der Waals surface area contributed by atoms with E-state index < -0.39 is 34.8 Å². The van der Waals surface area contributed by atoms with Crippen LogP contribution in [0.4, 0.5) is 18.9 Å². The van der Waals surface area contributed by atoms with Gasteiger partial charge in [0.15, 0.2) is 16.6 Å². The number of piperidine rings is 2. The first-order chi connectivity index (χ1) is 28.4. The molecule has 7 rings (SSSR count). The average molecular weight is 849 g/mol. The highest BCUT2D eigenvalue weighted by molar-refractivity contribution is 7.80. The highest BCUT2D eigenvalue weighted by atomic mass is 32.1. The van der Waals surface area contributed by atoms with Gasteiger partial charge in [0.25, 0.3) is 5.91 Å². The van der Waals surface area contributed by atoms with Crippen LogP contribution in [-0.4, -0.2) is 96.1 Å². The van der Waals surface area contributed by atoms with Crippen molar-refractivity contribution in [2.45, 2.75) is 134 Å². The maximum absolute atomic E-state index is 13.7. The molecule has 3 saturated heterocycles. The molecular weight excluding hydrogens is 798 g/mol. The Hall–Kier alpha value is -4.79. The number of nitriles is 1. The molecule has 5 heterocycles. The largest absolute Gasteiger partial charge is 0.419 e. The summed E-state index contributed by atoms with van der Waals surface area (Å²) in [4.78, 5) is 60.5. The Bertz CT molecular complexity index is 2230. The number of anilines is 1. The van der Waals surface area contributed by atoms with Gasteiger partial charge in [-0.1, -0.05) is 18.2 Å². The van der Waals surface area contributed by atoms with Crippen LogP contribution in [-0.2, 0) is 43.6 Å². The van der Waals surface area contributed by atoms with Gasteiger partial charge in [-0.05, 0) is 109 Å². The number of thiocarbonyl (C=S) groups is 1. The number of hydrogen-bond acceptors (Lipinski definition) is 10. The summed E-state index contributed by atoms with van der Waals surface area (Å²) in [5.41, 5.74) is -0.877. The van der Waals surface area contributed by atoms with Gasteiger partial charge in [-0.2, -0.15) is 23.5 Å². The highest BCUT2D eigenvalue weighted by Crippen LogP contribution is 2.41. The molecule has 1 aromatic carbocycles. The molecule has 3 amide bonds. The zero-order valence-electron chi connectivity index (χ0n) is 34.6. The molecule has 0 bridgehead atoms. The molecule has 4 fully saturated rings. The number of ketones is 1. The Morgan fingerprint density at radius 1 is 1.08 bits per heavy atom. The summed E-state index contributed by atoms with van der Waals surface area (Å²) in [6.45, 7) is 8.74. The van der Waals surface area contributed by atoms with Gasteiger partial charge in [0.05, 0.1) is 47.2 Å². The minimum atomic E-state index is -4.82. The summed E-state index contributed by atoms with van der Waals surface area (Å²) in [6, 6.07) is 8.30. The number of likely N-dealkylation sites (tertiary alicyclic amines) is 1. The summed E-state index contributed by atoms with van der Waals surface area (Å²) in [5.74, 6) is -1.02. The number of hydrogen-bond donors (Lipinski definition) is 1. The van der Waals surface area contributed by atoms with Crippen LogP contribution in [0.2, 0.25) is 0 Å². The van der Waals surface area contributed by atoms with Crippen LogP contribution in [0.5, 0.6) is 0 Å². The molecule has 13 nitrogen and oxygen atoms in total. The molecule has 0 radical (unpaired) electrons. The third-order valence-corrected chi connectivity index (χ3v) is 13.3. The minimum Gasteiger partial charge on any atom is -0.378 e. The summed E-state index contributed by atoms with van der Waals surface area (Å²) in [7, 11) is 1.82. The van der Waals surface area contributed by atoms with Crippen LogP contribution in [0.1, 0.15) is 114 Å². The fourth-order valence-electron chi connectivity index (χ4n) is 9.99. The Morgan fingerprint density at radius 2 is 1.78 bits per heavy atom. The number of imide groups is 1. The maximum atomic E-state index is 13.7. The van der Waals surface area contributed by atoms with Crippen LogP contribution >= 0.6 is 12.2 Å². The molecule has 60 heavy (non-hydrogen) atoms. The number of nitrogens with zero attached hydrogens (tertiary/aromatic N) is 7. The fourth-order valence-corrected chi connectivity index (χ4v) is 10.6. The summed E-state index contributed by atoms with van der Waals surface area (Å²) < 4.78 is 49.3. The number of amides is 3. The van der Waals surface area contributed by atoms with E-state index in [-0.39, 0.29) is 65.5 Å². The SMILES string of the molecule is C[C@@H]1CC(CCOC2CCC(N3C(=S)N(c4cnc(C#N)c(C(F)(F)F)c4)C(=O)C3(C)C)CC2)C[C@H](C)N1CC(=O)Cc1cccc2c(C3CCC(=O)NC3=O)nn(C)c12. The predicted molar refractivity (Wildman–Crippen MR) is 219 cm³/mol. The number of fused-ring (bicyclic) bond motifs is 1. The van der Waals surface area contributed by atoms with Crippen molar-refractivity contribution < 1.29 is 37.1 Å². The standard InChI is InChI=1S/C43H51F3N8O5S/c1-24-17-26(18-25(2)52(24)23-30(55)19-27-7-6-8-32-37(50-51(5)38(27)32)33-13-14-36(56)49-39(33)57)15-16-59-31-11-9-28(10-12-31)54-41(60)53(40(58)42(54,3)4)29-20-34(43(44,45)46)35(21-47)48-22-29/h6-8,20,22,24-26,28,31,33H,9-19,23H2,1-5H3,(H,49,56,57)/t24-,25+,26?,28?,31?,33?. The Labute approximate surface area is 352 Å². The number of ether oxygens (including phenoxy) is 1. The number of Topliss-reactive ketones (excluding diaryl/α,β-unsaturated/α-hetero) is 1. The van der Waals surface area contributed by atoms with Crippen molar-refractivity contribution in [2.24, 2.45) is 13.0 Å². The van der Waals surface area contributed by atoms with Crippen molar-refractivity contribution in [3.05, 3.63) is 53.0 Å². The number of alkyl halides is 3. The van der Waals surface area contributed by atoms with Crippen molar-refractivity contribution in [3.63, 3.8) is 0 Å². The number of aromatic nitrogens is 3. The first-order valence-corrected chi connectivity index (χ1v) is 21.1. The molecule has 2 aromatic heterocycles. The number of carbonyl (C=O) groups is 4. The van der Waals surface area contributed by atoms with Crippen LogP contribution in [0.15, 0.2) is 30.5 Å². The predicted octanol–water partition coefficient (Wildman–Crippen LogP) is 6.11. The molecule has 4 aliphatic rings. The van der Waals surface area contributed by atoms with Crippen molar-refractivity contribution >= 4 is 57.4 Å². The summed E-state index contributed by atoms with van der Waals surface area (Å²) in [5, 5.41) is 17.2. The van der Waals surface area contributed by atoms with E-state index >= 15 is 0 Å². The van der Waals surface area contributed by atoms with E-state index in [4.69, 9.17) is 17.0 Å². The zero-order chi connectivity index (χ0) is 43.3. The summed E-state index contributed by atoms with van der Waals surface area (Å²) >= 11 is 5.73. The lowest BCUT2D eigenvalue weighted by Gasteiger charge is -2.43. The molecule has 0 spiro atoms. The van der Waals surface area contributed by atoms with Crippen molar-refractivity contribution in [1.29, 1.82) is 5.26 Å². The van der Waals surface area contributed by atoms with Gasteiger partial charge in [-0.3, -0.25) is 39.0 Å². The molecule has 320 valence electrons. The van der Waals surface area contributed by atoms with Crippen LogP contribution in [0, 0.1) is 17.2 Å². The van der Waals surface area contributed by atoms with Gasteiger partial charge >= 0.3 is 6.18 Å². The van der Waals surface area contributed by atoms with E-state index in [1.54, 1.807) is 18.5 Å². The normalized spacial score (nSPS) is 26.4. The molecule has 3 aliphatic heterocycles. The van der Waals surface area contributed by atoms with Crippen molar-refractivity contribution in [1.82, 2.24) is 29.9 Å². The van der Waals surface area contributed by atoms with E-state index in [1.165, 1.54) is 6.07 Å². The lowest BCUT2D eigenvalue weighted by Crippen LogP contribution is -2.51. The third kappa shape index (κ3) is 8.42.